The van der Waals surface area contributed by atoms with Gasteiger partial charge in [0.1, 0.15) is 11.7 Å². The summed E-state index contributed by atoms with van der Waals surface area (Å²) < 4.78 is 11.2. The molecule has 1 heterocycles. The van der Waals surface area contributed by atoms with Crippen molar-refractivity contribution in [1.82, 2.24) is 0 Å². The van der Waals surface area contributed by atoms with Gasteiger partial charge in [0.2, 0.25) is 0 Å². The fourth-order valence-electron chi connectivity index (χ4n) is 5.88. The van der Waals surface area contributed by atoms with Crippen LogP contribution in [-0.2, 0) is 23.9 Å². The summed E-state index contributed by atoms with van der Waals surface area (Å²) in [5, 5.41) is 0. The number of carbonyl (C=O) groups excluding carboxylic acids is 3. The number of carbonyl (C=O) groups is 3. The summed E-state index contributed by atoms with van der Waals surface area (Å²) in [6.07, 6.45) is 9.50. The molecule has 5 heteroatoms. The van der Waals surface area contributed by atoms with E-state index in [9.17, 15) is 14.4 Å². The lowest BCUT2D eigenvalue weighted by Crippen LogP contribution is -2.57. The highest BCUT2D eigenvalue weighted by atomic mass is 16.6. The van der Waals surface area contributed by atoms with Gasteiger partial charge in [0.15, 0.2) is 5.78 Å². The molecule has 4 rings (SSSR count). The van der Waals surface area contributed by atoms with Crippen molar-refractivity contribution < 1.29 is 23.9 Å². The number of hydrogen-bond donors (Lipinski definition) is 0. The van der Waals surface area contributed by atoms with Gasteiger partial charge in [-0.3, -0.25) is 9.59 Å². The van der Waals surface area contributed by atoms with E-state index in [2.05, 4.69) is 6.92 Å². The molecule has 4 aliphatic rings. The second kappa shape index (κ2) is 6.32. The molecule has 5 nitrogen and oxygen atoms in total. The van der Waals surface area contributed by atoms with Crippen LogP contribution in [0.4, 0.5) is 0 Å². The first kappa shape index (κ1) is 18.5. The molecule has 3 aliphatic carbocycles. The first-order chi connectivity index (χ1) is 12.8. The van der Waals surface area contributed by atoms with E-state index in [1.165, 1.54) is 6.08 Å². The average Bonchev–Trinajstić information content (AvgIpc) is 2.62. The maximum Gasteiger partial charge on any atom is 0.330 e. The normalized spacial score (nSPS) is 43.0. The topological polar surface area (TPSA) is 69.7 Å². The predicted molar refractivity (Wildman–Crippen MR) is 98.6 cm³/mol. The molecule has 0 aromatic heterocycles. The summed E-state index contributed by atoms with van der Waals surface area (Å²) in [5.74, 6) is -0.313. The first-order valence-corrected chi connectivity index (χ1v) is 10.1. The lowest BCUT2D eigenvalue weighted by Gasteiger charge is -2.57. The molecule has 6 atom stereocenters. The zero-order chi connectivity index (χ0) is 19.4. The van der Waals surface area contributed by atoms with E-state index in [1.807, 2.05) is 19.1 Å². The Morgan fingerprint density at radius 1 is 1.26 bits per heavy atom. The van der Waals surface area contributed by atoms with Crippen molar-refractivity contribution in [3.63, 3.8) is 0 Å². The minimum Gasteiger partial charge on any atom is -0.462 e. The molecule has 0 amide bonds. The Bertz CT molecular complexity index is 750. The monoisotopic (exact) mass is 372 g/mol. The van der Waals surface area contributed by atoms with E-state index in [0.717, 1.165) is 31.3 Å². The Morgan fingerprint density at radius 2 is 2.04 bits per heavy atom. The number of fused-ring (bicyclic) bond motifs is 5. The standard InChI is InChI=1S/C22H28O5/c1-4-18(24)26-14-7-9-21(2)13(11-14)12-17(23)20-15(21)8-10-22(3)16(20)5-6-19(25)27-22/h5-6,12,14-16,20H,4,7-11H2,1-3H3/t14-,15-,16-,20+,21-,22-/m0/s1. The lowest BCUT2D eigenvalue weighted by molar-refractivity contribution is -0.175. The fraction of sp³-hybridized carbons (Fsp3) is 0.682. The van der Waals surface area contributed by atoms with E-state index in [0.29, 0.717) is 12.8 Å². The van der Waals surface area contributed by atoms with Crippen LogP contribution in [0.25, 0.3) is 0 Å². The molecule has 0 radical (unpaired) electrons. The predicted octanol–water partition coefficient (Wildman–Crippen LogP) is 3.52. The van der Waals surface area contributed by atoms with Gasteiger partial charge in [0.25, 0.3) is 0 Å². The van der Waals surface area contributed by atoms with E-state index >= 15 is 0 Å². The summed E-state index contributed by atoms with van der Waals surface area (Å²) in [6.45, 7) is 6.03. The highest BCUT2D eigenvalue weighted by Crippen LogP contribution is 2.60. The molecule has 1 aliphatic heterocycles. The summed E-state index contributed by atoms with van der Waals surface area (Å²) in [5.41, 5.74) is 0.497. The van der Waals surface area contributed by atoms with Crippen molar-refractivity contribution in [2.75, 3.05) is 0 Å². The highest BCUT2D eigenvalue weighted by Gasteiger charge is 2.59. The summed E-state index contributed by atoms with van der Waals surface area (Å²) >= 11 is 0. The van der Waals surface area contributed by atoms with Crippen LogP contribution in [0.2, 0.25) is 0 Å². The molecule has 27 heavy (non-hydrogen) atoms. The number of rotatable bonds is 2. The maximum atomic E-state index is 13.1. The Labute approximate surface area is 160 Å². The molecular formula is C22H28O5. The quantitative estimate of drug-likeness (QED) is 0.694. The highest BCUT2D eigenvalue weighted by molar-refractivity contribution is 5.95. The van der Waals surface area contributed by atoms with Crippen LogP contribution >= 0.6 is 0 Å². The number of ether oxygens (including phenoxy) is 2. The molecule has 2 saturated carbocycles. The van der Waals surface area contributed by atoms with Gasteiger partial charge in [-0.15, -0.1) is 0 Å². The van der Waals surface area contributed by atoms with Crippen LogP contribution < -0.4 is 0 Å². The smallest absolute Gasteiger partial charge is 0.330 e. The number of hydrogen-bond acceptors (Lipinski definition) is 5. The second-order valence-corrected chi connectivity index (χ2v) is 8.99. The molecule has 0 N–H and O–H groups in total. The zero-order valence-corrected chi connectivity index (χ0v) is 16.3. The van der Waals surface area contributed by atoms with Crippen molar-refractivity contribution in [3.8, 4) is 0 Å². The van der Waals surface area contributed by atoms with Crippen molar-refractivity contribution in [1.29, 1.82) is 0 Å². The SMILES string of the molecule is CCC(=O)O[C@H]1CC[C@@]2(C)C(=CC(=O)[C@@H]3[C@@H]2CC[C@]2(C)OC(=O)C=C[C@@H]32)C1. The molecule has 0 bridgehead atoms. The Kier molecular flexibility index (Phi) is 4.32. The largest absolute Gasteiger partial charge is 0.462 e. The van der Waals surface area contributed by atoms with Gasteiger partial charge in [0, 0.05) is 30.8 Å². The number of esters is 2. The second-order valence-electron chi connectivity index (χ2n) is 8.99. The van der Waals surface area contributed by atoms with Crippen molar-refractivity contribution in [2.24, 2.45) is 23.2 Å². The summed E-state index contributed by atoms with van der Waals surface area (Å²) in [6, 6.07) is 0. The minimum atomic E-state index is -0.585. The van der Waals surface area contributed by atoms with Gasteiger partial charge in [0.05, 0.1) is 0 Å². The van der Waals surface area contributed by atoms with Crippen molar-refractivity contribution in [2.45, 2.75) is 71.0 Å². The van der Waals surface area contributed by atoms with E-state index in [-0.39, 0.29) is 47.0 Å². The van der Waals surface area contributed by atoms with Crippen LogP contribution in [0.5, 0.6) is 0 Å². The molecule has 0 aromatic rings. The van der Waals surface area contributed by atoms with Gasteiger partial charge in [-0.1, -0.05) is 25.5 Å². The number of ketones is 1. The Hall–Kier alpha value is -1.91. The maximum absolute atomic E-state index is 13.1. The molecule has 0 spiro atoms. The molecule has 2 fully saturated rings. The number of allylic oxidation sites excluding steroid dienone is 1. The van der Waals surface area contributed by atoms with Crippen LogP contribution in [0.15, 0.2) is 23.8 Å². The van der Waals surface area contributed by atoms with E-state index in [4.69, 9.17) is 9.47 Å². The minimum absolute atomic E-state index is 0.0513. The Morgan fingerprint density at radius 3 is 2.78 bits per heavy atom. The Balaban J connectivity index is 1.64. The van der Waals surface area contributed by atoms with Crippen LogP contribution in [0.3, 0.4) is 0 Å². The summed E-state index contributed by atoms with van der Waals surface area (Å²) in [7, 11) is 0. The third-order valence-corrected chi connectivity index (χ3v) is 7.47. The molecular weight excluding hydrogens is 344 g/mol. The van der Waals surface area contributed by atoms with Gasteiger partial charge in [-0.05, 0) is 50.0 Å². The average molecular weight is 372 g/mol. The van der Waals surface area contributed by atoms with Crippen molar-refractivity contribution >= 4 is 17.7 Å². The van der Waals surface area contributed by atoms with Gasteiger partial charge >= 0.3 is 11.9 Å². The molecule has 0 saturated heterocycles. The zero-order valence-electron chi connectivity index (χ0n) is 16.3. The fourth-order valence-corrected chi connectivity index (χ4v) is 5.88. The van der Waals surface area contributed by atoms with Crippen LogP contribution in [0, 0.1) is 23.2 Å². The van der Waals surface area contributed by atoms with E-state index < -0.39 is 5.60 Å². The summed E-state index contributed by atoms with van der Waals surface area (Å²) in [4.78, 5) is 36.6. The van der Waals surface area contributed by atoms with Crippen LogP contribution in [-0.4, -0.2) is 29.4 Å². The molecule has 0 unspecified atom stereocenters. The van der Waals surface area contributed by atoms with Gasteiger partial charge in [-0.25, -0.2) is 4.79 Å². The molecule has 0 aromatic carbocycles. The van der Waals surface area contributed by atoms with Crippen LogP contribution in [0.1, 0.15) is 59.3 Å². The van der Waals surface area contributed by atoms with Gasteiger partial charge < -0.3 is 9.47 Å². The first-order valence-electron chi connectivity index (χ1n) is 10.1. The third-order valence-electron chi connectivity index (χ3n) is 7.47. The molecule has 146 valence electrons. The van der Waals surface area contributed by atoms with E-state index in [1.54, 1.807) is 6.92 Å². The lowest BCUT2D eigenvalue weighted by atomic mass is 9.49. The van der Waals surface area contributed by atoms with Gasteiger partial charge in [-0.2, -0.15) is 0 Å². The third kappa shape index (κ3) is 2.86. The van der Waals surface area contributed by atoms with Crippen molar-refractivity contribution in [3.05, 3.63) is 23.8 Å².